The minimum atomic E-state index is -0.905. The zero-order chi connectivity index (χ0) is 23.3. The van der Waals surface area contributed by atoms with E-state index >= 15 is 0 Å². The SMILES string of the molecule is CCN1CCC(C#N)(NC(=O)[C@H](CC2CCC3CCCCC3C2)OC(=O)N2CCOCC2)C1. The summed E-state index contributed by atoms with van der Waals surface area (Å²) in [6.07, 6.45) is 8.55. The second-order valence-corrected chi connectivity index (χ2v) is 10.5. The van der Waals surface area contributed by atoms with Crippen LogP contribution >= 0.6 is 0 Å². The number of hydrogen-bond donors (Lipinski definition) is 1. The van der Waals surface area contributed by atoms with Gasteiger partial charge < -0.3 is 24.6 Å². The second kappa shape index (κ2) is 11.1. The molecule has 0 aromatic rings. The number of carbonyl (C=O) groups excluding carboxylic acids is 2. The lowest BCUT2D eigenvalue weighted by molar-refractivity contribution is -0.133. The first-order valence-electron chi connectivity index (χ1n) is 13.0. The number of nitriles is 1. The van der Waals surface area contributed by atoms with Gasteiger partial charge in [0.25, 0.3) is 5.91 Å². The van der Waals surface area contributed by atoms with Crippen molar-refractivity contribution in [1.82, 2.24) is 15.1 Å². The summed E-state index contributed by atoms with van der Waals surface area (Å²) in [4.78, 5) is 30.1. The van der Waals surface area contributed by atoms with Gasteiger partial charge in [0.1, 0.15) is 5.54 Å². The molecule has 4 aliphatic rings. The summed E-state index contributed by atoms with van der Waals surface area (Å²) in [6, 6.07) is 2.34. The van der Waals surface area contributed by atoms with E-state index in [1.165, 1.54) is 32.1 Å². The molecule has 2 aliphatic carbocycles. The molecule has 2 heterocycles. The van der Waals surface area contributed by atoms with Crippen LogP contribution in [0.4, 0.5) is 4.79 Å². The largest absolute Gasteiger partial charge is 0.436 e. The molecule has 1 N–H and O–H groups in total. The molecule has 5 atom stereocenters. The summed E-state index contributed by atoms with van der Waals surface area (Å²) >= 11 is 0. The Morgan fingerprint density at radius 2 is 1.91 bits per heavy atom. The van der Waals surface area contributed by atoms with Crippen LogP contribution in [0.5, 0.6) is 0 Å². The van der Waals surface area contributed by atoms with E-state index in [0.717, 1.165) is 37.8 Å². The fraction of sp³-hybridized carbons (Fsp3) is 0.880. The van der Waals surface area contributed by atoms with Crippen molar-refractivity contribution >= 4 is 12.0 Å². The third kappa shape index (κ3) is 5.99. The molecule has 0 bridgehead atoms. The van der Waals surface area contributed by atoms with Crippen LogP contribution < -0.4 is 5.32 Å². The number of amides is 2. The van der Waals surface area contributed by atoms with E-state index in [4.69, 9.17) is 9.47 Å². The van der Waals surface area contributed by atoms with Gasteiger partial charge in [-0.1, -0.05) is 39.0 Å². The van der Waals surface area contributed by atoms with Gasteiger partial charge in [-0.25, -0.2) is 4.79 Å². The van der Waals surface area contributed by atoms with E-state index in [2.05, 4.69) is 23.2 Å². The lowest BCUT2D eigenvalue weighted by Gasteiger charge is -2.40. The number of likely N-dealkylation sites (N-methyl/N-ethyl adjacent to an activating group) is 1. The first kappa shape index (κ1) is 24.3. The van der Waals surface area contributed by atoms with Gasteiger partial charge in [-0.05, 0) is 50.0 Å². The fourth-order valence-corrected chi connectivity index (χ4v) is 6.33. The van der Waals surface area contributed by atoms with Crippen LogP contribution in [0.25, 0.3) is 0 Å². The van der Waals surface area contributed by atoms with E-state index < -0.39 is 17.7 Å². The monoisotopic (exact) mass is 460 g/mol. The number of rotatable bonds is 6. The second-order valence-electron chi connectivity index (χ2n) is 10.5. The molecule has 8 heteroatoms. The molecule has 8 nitrogen and oxygen atoms in total. The lowest BCUT2D eigenvalue weighted by Crippen LogP contribution is -2.54. The van der Waals surface area contributed by atoms with Crippen molar-refractivity contribution < 1.29 is 19.1 Å². The first-order chi connectivity index (χ1) is 16.0. The maximum atomic E-state index is 13.4. The van der Waals surface area contributed by atoms with Crippen LogP contribution in [-0.4, -0.2) is 79.4 Å². The van der Waals surface area contributed by atoms with Gasteiger partial charge in [-0.3, -0.25) is 4.79 Å². The Bertz CT molecular complexity index is 734. The molecule has 0 aromatic carbocycles. The Morgan fingerprint density at radius 1 is 1.15 bits per heavy atom. The van der Waals surface area contributed by atoms with Crippen LogP contribution in [0.2, 0.25) is 0 Å². The van der Waals surface area contributed by atoms with Crippen molar-refractivity contribution in [2.45, 2.75) is 76.4 Å². The van der Waals surface area contributed by atoms with Gasteiger partial charge in [0.15, 0.2) is 6.10 Å². The number of morpholine rings is 1. The zero-order valence-electron chi connectivity index (χ0n) is 20.1. The Morgan fingerprint density at radius 3 is 2.61 bits per heavy atom. The third-order valence-electron chi connectivity index (χ3n) is 8.37. The fourth-order valence-electron chi connectivity index (χ4n) is 6.33. The Kier molecular flexibility index (Phi) is 8.13. The van der Waals surface area contributed by atoms with Gasteiger partial charge in [0.05, 0.1) is 19.3 Å². The summed E-state index contributed by atoms with van der Waals surface area (Å²) in [5.41, 5.74) is -0.905. The Balaban J connectivity index is 1.43. The predicted octanol–water partition coefficient (Wildman–Crippen LogP) is 2.92. The summed E-state index contributed by atoms with van der Waals surface area (Å²) in [5.74, 6) is 1.64. The molecule has 4 unspecified atom stereocenters. The Hall–Kier alpha value is -1.85. The number of carbonyl (C=O) groups is 2. The van der Waals surface area contributed by atoms with E-state index in [9.17, 15) is 14.9 Å². The highest BCUT2D eigenvalue weighted by atomic mass is 16.6. The van der Waals surface area contributed by atoms with Crippen molar-refractivity contribution in [2.24, 2.45) is 17.8 Å². The maximum Gasteiger partial charge on any atom is 0.410 e. The van der Waals surface area contributed by atoms with Crippen molar-refractivity contribution in [3.8, 4) is 6.07 Å². The molecule has 2 saturated carbocycles. The standard InChI is InChI=1S/C25H40N4O4/c1-2-28-10-9-25(17-26,18-28)27-23(30)22(33-24(31)29-11-13-32-14-12-29)16-19-7-8-20-5-3-4-6-21(20)15-19/h19-22H,2-16,18H2,1H3,(H,27,30)/t19?,20?,21?,22-,25?/m0/s1. The average molecular weight is 461 g/mol. The van der Waals surface area contributed by atoms with Crippen molar-refractivity contribution in [1.29, 1.82) is 5.26 Å². The molecular weight excluding hydrogens is 420 g/mol. The van der Waals surface area contributed by atoms with Crippen LogP contribution in [-0.2, 0) is 14.3 Å². The minimum Gasteiger partial charge on any atom is -0.436 e. The smallest absolute Gasteiger partial charge is 0.410 e. The number of likely N-dealkylation sites (tertiary alicyclic amines) is 1. The molecule has 4 fully saturated rings. The van der Waals surface area contributed by atoms with Crippen molar-refractivity contribution in [2.75, 3.05) is 45.9 Å². The van der Waals surface area contributed by atoms with Crippen molar-refractivity contribution in [3.63, 3.8) is 0 Å². The summed E-state index contributed by atoms with van der Waals surface area (Å²) in [6.45, 7) is 6.15. The molecule has 4 rings (SSSR count). The molecule has 0 spiro atoms. The molecule has 33 heavy (non-hydrogen) atoms. The first-order valence-corrected chi connectivity index (χ1v) is 13.0. The number of fused-ring (bicyclic) bond motifs is 1. The summed E-state index contributed by atoms with van der Waals surface area (Å²) in [5, 5.41) is 12.9. The van der Waals surface area contributed by atoms with E-state index in [-0.39, 0.29) is 5.91 Å². The maximum absolute atomic E-state index is 13.4. The third-order valence-corrected chi connectivity index (χ3v) is 8.37. The topological polar surface area (TPSA) is 94.9 Å². The number of nitrogens with one attached hydrogen (secondary N) is 1. The highest BCUT2D eigenvalue weighted by Gasteiger charge is 2.42. The van der Waals surface area contributed by atoms with Crippen LogP contribution in [0.15, 0.2) is 0 Å². The highest BCUT2D eigenvalue weighted by Crippen LogP contribution is 2.44. The molecule has 2 amide bonds. The van der Waals surface area contributed by atoms with Crippen LogP contribution in [0.3, 0.4) is 0 Å². The van der Waals surface area contributed by atoms with E-state index in [1.54, 1.807) is 4.90 Å². The molecular formula is C25H40N4O4. The van der Waals surface area contributed by atoms with Gasteiger partial charge >= 0.3 is 6.09 Å². The van der Waals surface area contributed by atoms with Crippen LogP contribution in [0, 0.1) is 29.1 Å². The van der Waals surface area contributed by atoms with Crippen molar-refractivity contribution in [3.05, 3.63) is 0 Å². The van der Waals surface area contributed by atoms with Crippen LogP contribution in [0.1, 0.15) is 64.7 Å². The normalized spacial score (nSPS) is 33.6. The molecule has 2 aliphatic heterocycles. The summed E-state index contributed by atoms with van der Waals surface area (Å²) < 4.78 is 11.2. The number of ether oxygens (including phenoxy) is 2. The predicted molar refractivity (Wildman–Crippen MR) is 123 cm³/mol. The average Bonchev–Trinajstić information content (AvgIpc) is 3.27. The quantitative estimate of drug-likeness (QED) is 0.655. The van der Waals surface area contributed by atoms with Gasteiger partial charge in [-0.15, -0.1) is 0 Å². The van der Waals surface area contributed by atoms with E-state index in [0.29, 0.717) is 51.6 Å². The molecule has 0 aromatic heterocycles. The Labute approximate surface area is 197 Å². The van der Waals surface area contributed by atoms with Gasteiger partial charge in [0.2, 0.25) is 0 Å². The number of hydrogen-bond acceptors (Lipinski definition) is 6. The molecule has 2 saturated heterocycles. The van der Waals surface area contributed by atoms with Gasteiger partial charge in [-0.2, -0.15) is 5.26 Å². The molecule has 184 valence electrons. The van der Waals surface area contributed by atoms with Gasteiger partial charge in [0, 0.05) is 26.2 Å². The van der Waals surface area contributed by atoms with E-state index in [1.807, 2.05) is 0 Å². The minimum absolute atomic E-state index is 0.318. The lowest BCUT2D eigenvalue weighted by atomic mass is 9.66. The molecule has 0 radical (unpaired) electrons. The highest BCUT2D eigenvalue weighted by molar-refractivity contribution is 5.84. The zero-order valence-corrected chi connectivity index (χ0v) is 20.1. The summed E-state index contributed by atoms with van der Waals surface area (Å²) in [7, 11) is 0. The number of nitrogens with zero attached hydrogens (tertiary/aromatic N) is 3.